The van der Waals surface area contributed by atoms with Crippen molar-refractivity contribution >= 4 is 35.2 Å². The Balaban J connectivity index is 1.53. The van der Waals surface area contributed by atoms with Crippen molar-refractivity contribution in [2.24, 2.45) is 5.16 Å². The van der Waals surface area contributed by atoms with E-state index >= 15 is 0 Å². The summed E-state index contributed by atoms with van der Waals surface area (Å²) in [5.41, 5.74) is 1.38. The van der Waals surface area contributed by atoms with Gasteiger partial charge in [-0.3, -0.25) is 9.59 Å². The van der Waals surface area contributed by atoms with Crippen LogP contribution in [-0.4, -0.2) is 54.3 Å². The van der Waals surface area contributed by atoms with Crippen molar-refractivity contribution < 1.29 is 14.4 Å². The fourth-order valence-corrected chi connectivity index (χ4v) is 3.34. The second-order valence-corrected chi connectivity index (χ2v) is 7.08. The van der Waals surface area contributed by atoms with Gasteiger partial charge in [-0.05, 0) is 37.1 Å². The van der Waals surface area contributed by atoms with Crippen molar-refractivity contribution in [1.82, 2.24) is 15.2 Å². The van der Waals surface area contributed by atoms with Gasteiger partial charge in [0.25, 0.3) is 5.91 Å². The molecular weight excluding hydrogens is 406 g/mol. The highest BCUT2D eigenvalue weighted by atomic mass is 35.5. The standard InChI is InChI=1S/C21H24ClN5O3/c1-30-25-20(26-14-4-5-15-26)16-7-9-17(10-8-16)21(29)24-13-11-19(28)27(22)18-6-2-3-12-23-18/h2-3,6-10,12H,4-5,11,13-15H2,1H3,(H,24,29). The van der Waals surface area contributed by atoms with E-state index in [-0.39, 0.29) is 24.8 Å². The number of anilines is 1. The zero-order valence-electron chi connectivity index (χ0n) is 16.8. The smallest absolute Gasteiger partial charge is 0.251 e. The number of hydrogen-bond acceptors (Lipinski definition) is 5. The summed E-state index contributed by atoms with van der Waals surface area (Å²) in [7, 11) is 1.52. The number of oxime groups is 1. The molecule has 1 N–H and O–H groups in total. The summed E-state index contributed by atoms with van der Waals surface area (Å²) >= 11 is 6.00. The van der Waals surface area contributed by atoms with Crippen LogP contribution in [0.2, 0.25) is 0 Å². The number of amides is 2. The van der Waals surface area contributed by atoms with Gasteiger partial charge in [0.2, 0.25) is 5.91 Å². The lowest BCUT2D eigenvalue weighted by Crippen LogP contribution is -2.30. The molecule has 3 rings (SSSR count). The van der Waals surface area contributed by atoms with Crippen LogP contribution in [0.5, 0.6) is 0 Å². The minimum atomic E-state index is -0.350. The number of rotatable bonds is 7. The number of nitrogens with zero attached hydrogens (tertiary/aromatic N) is 4. The van der Waals surface area contributed by atoms with Crippen molar-refractivity contribution in [3.8, 4) is 0 Å². The Morgan fingerprint density at radius 3 is 2.50 bits per heavy atom. The number of amidine groups is 1. The summed E-state index contributed by atoms with van der Waals surface area (Å²) in [6.45, 7) is 2.04. The molecule has 0 saturated carbocycles. The molecule has 2 aromatic rings. The molecule has 1 aromatic carbocycles. The first kappa shape index (κ1) is 21.6. The molecule has 0 atom stereocenters. The maximum absolute atomic E-state index is 12.4. The predicted octanol–water partition coefficient (Wildman–Crippen LogP) is 2.79. The van der Waals surface area contributed by atoms with Gasteiger partial charge >= 0.3 is 0 Å². The molecule has 1 fully saturated rings. The molecule has 2 amide bonds. The minimum Gasteiger partial charge on any atom is -0.397 e. The summed E-state index contributed by atoms with van der Waals surface area (Å²) in [5, 5.41) is 6.88. The number of hydrogen-bond donors (Lipinski definition) is 1. The lowest BCUT2D eigenvalue weighted by atomic mass is 10.1. The molecule has 0 bridgehead atoms. The molecule has 1 aromatic heterocycles. The topological polar surface area (TPSA) is 87.1 Å². The summed E-state index contributed by atoms with van der Waals surface area (Å²) < 4.78 is 0.954. The van der Waals surface area contributed by atoms with Gasteiger partial charge in [-0.25, -0.2) is 9.40 Å². The van der Waals surface area contributed by atoms with E-state index in [1.807, 2.05) is 12.1 Å². The average Bonchev–Trinajstić information content (AvgIpc) is 3.32. The van der Waals surface area contributed by atoms with Crippen molar-refractivity contribution in [2.75, 3.05) is 31.2 Å². The lowest BCUT2D eigenvalue weighted by molar-refractivity contribution is -0.117. The number of halogens is 1. The molecule has 0 unspecified atom stereocenters. The zero-order valence-corrected chi connectivity index (χ0v) is 17.5. The Morgan fingerprint density at radius 1 is 1.17 bits per heavy atom. The molecule has 158 valence electrons. The van der Waals surface area contributed by atoms with Crippen molar-refractivity contribution in [1.29, 1.82) is 0 Å². The quantitative estimate of drug-likeness (QED) is 0.316. The number of pyridine rings is 1. The van der Waals surface area contributed by atoms with Crippen molar-refractivity contribution in [2.45, 2.75) is 19.3 Å². The number of carbonyl (C=O) groups excluding carboxylic acids is 2. The monoisotopic (exact) mass is 429 g/mol. The normalized spacial score (nSPS) is 13.8. The molecule has 30 heavy (non-hydrogen) atoms. The Labute approximate surface area is 180 Å². The Bertz CT molecular complexity index is 883. The second-order valence-electron chi connectivity index (χ2n) is 6.74. The van der Waals surface area contributed by atoms with Crippen LogP contribution in [0.1, 0.15) is 35.2 Å². The minimum absolute atomic E-state index is 0.0590. The number of likely N-dealkylation sites (tertiary alicyclic amines) is 1. The highest BCUT2D eigenvalue weighted by Gasteiger charge is 2.19. The lowest BCUT2D eigenvalue weighted by Gasteiger charge is -2.19. The third-order valence-corrected chi connectivity index (χ3v) is 5.04. The van der Waals surface area contributed by atoms with Crippen molar-refractivity contribution in [3.63, 3.8) is 0 Å². The number of carbonyl (C=O) groups is 2. The van der Waals surface area contributed by atoms with Crippen LogP contribution in [0.25, 0.3) is 0 Å². The van der Waals surface area contributed by atoms with E-state index in [2.05, 4.69) is 20.4 Å². The number of nitrogens with one attached hydrogen (secondary N) is 1. The molecule has 8 nitrogen and oxygen atoms in total. The van der Waals surface area contributed by atoms with Gasteiger partial charge in [-0.1, -0.05) is 23.4 Å². The molecular formula is C21H24ClN5O3. The van der Waals surface area contributed by atoms with Crippen LogP contribution in [0, 0.1) is 0 Å². The van der Waals surface area contributed by atoms with Gasteiger partial charge < -0.3 is 15.1 Å². The summed E-state index contributed by atoms with van der Waals surface area (Å²) in [4.78, 5) is 35.7. The maximum Gasteiger partial charge on any atom is 0.251 e. The van der Waals surface area contributed by atoms with Gasteiger partial charge in [0.15, 0.2) is 11.7 Å². The van der Waals surface area contributed by atoms with Crippen LogP contribution in [0.15, 0.2) is 53.8 Å². The first-order chi connectivity index (χ1) is 14.6. The van der Waals surface area contributed by atoms with Crippen LogP contribution >= 0.6 is 11.8 Å². The third kappa shape index (κ3) is 5.48. The van der Waals surface area contributed by atoms with Crippen LogP contribution < -0.4 is 9.74 Å². The predicted molar refractivity (Wildman–Crippen MR) is 115 cm³/mol. The number of aromatic nitrogens is 1. The van der Waals surface area contributed by atoms with Gasteiger partial charge in [0.05, 0.1) is 0 Å². The van der Waals surface area contributed by atoms with Crippen LogP contribution in [-0.2, 0) is 9.63 Å². The van der Waals surface area contributed by atoms with E-state index in [0.717, 1.165) is 41.7 Å². The van der Waals surface area contributed by atoms with Gasteiger partial charge in [-0.15, -0.1) is 0 Å². The maximum atomic E-state index is 12.4. The van der Waals surface area contributed by atoms with E-state index in [9.17, 15) is 9.59 Å². The van der Waals surface area contributed by atoms with E-state index < -0.39 is 0 Å². The van der Waals surface area contributed by atoms with E-state index in [0.29, 0.717) is 11.4 Å². The van der Waals surface area contributed by atoms with Gasteiger partial charge in [0.1, 0.15) is 7.11 Å². The molecule has 1 saturated heterocycles. The van der Waals surface area contributed by atoms with E-state index in [4.69, 9.17) is 16.6 Å². The first-order valence-corrected chi connectivity index (χ1v) is 10.1. The summed E-state index contributed by atoms with van der Waals surface area (Å²) in [5.74, 6) is 0.499. The van der Waals surface area contributed by atoms with Crippen molar-refractivity contribution in [3.05, 3.63) is 59.8 Å². The highest BCUT2D eigenvalue weighted by molar-refractivity contribution is 6.36. The van der Waals surface area contributed by atoms with E-state index in [1.54, 1.807) is 36.5 Å². The molecule has 1 aliphatic rings. The fraction of sp³-hybridized carbons (Fsp3) is 0.333. The van der Waals surface area contributed by atoms with Gasteiger partial charge in [-0.2, -0.15) is 0 Å². The summed E-state index contributed by atoms with van der Waals surface area (Å²) in [6.07, 6.45) is 3.86. The average molecular weight is 430 g/mol. The Morgan fingerprint density at radius 2 is 1.87 bits per heavy atom. The van der Waals surface area contributed by atoms with Crippen LogP contribution in [0.3, 0.4) is 0 Å². The molecule has 2 heterocycles. The SMILES string of the molecule is CON=C(c1ccc(C(=O)NCCC(=O)N(Cl)c2ccccn2)cc1)N1CCCC1. The number of benzene rings is 1. The zero-order chi connectivity index (χ0) is 21.3. The first-order valence-electron chi connectivity index (χ1n) is 9.74. The van der Waals surface area contributed by atoms with Crippen LogP contribution in [0.4, 0.5) is 5.82 Å². The fourth-order valence-electron chi connectivity index (χ4n) is 3.16. The molecule has 0 spiro atoms. The third-order valence-electron chi connectivity index (χ3n) is 4.68. The second kappa shape index (κ2) is 10.6. The molecule has 0 radical (unpaired) electrons. The Kier molecular flexibility index (Phi) is 7.62. The van der Waals surface area contributed by atoms with Gasteiger partial charge in [0, 0.05) is 55.2 Å². The molecule has 0 aliphatic carbocycles. The largest absolute Gasteiger partial charge is 0.397 e. The van der Waals surface area contributed by atoms with E-state index in [1.165, 1.54) is 7.11 Å². The molecule has 9 heteroatoms. The summed E-state index contributed by atoms with van der Waals surface area (Å²) in [6, 6.07) is 12.3. The Hall–Kier alpha value is -3.13. The highest BCUT2D eigenvalue weighted by Crippen LogP contribution is 2.16. The molecule has 1 aliphatic heterocycles.